The number of nitro groups is 1. The molecule has 1 aliphatic heterocycles. The number of thiocarbonyl (C=S) groups is 1. The first kappa shape index (κ1) is 18.3. The number of benzene rings is 1. The third-order valence-electron chi connectivity index (χ3n) is 3.01. The average Bonchev–Trinajstić information content (AvgIpc) is 2.79. The summed E-state index contributed by atoms with van der Waals surface area (Å²) in [6, 6.07) is 5.53. The van der Waals surface area contributed by atoms with Gasteiger partial charge in [0.15, 0.2) is 4.32 Å². The van der Waals surface area contributed by atoms with Gasteiger partial charge in [-0.05, 0) is 23.8 Å². The van der Waals surface area contributed by atoms with E-state index in [1.165, 1.54) is 30.3 Å². The fraction of sp³-hybridized carbons (Fsp3) is 0. The number of nitrogens with two attached hydrogens (primary N) is 2. The fourth-order valence-corrected chi connectivity index (χ4v) is 3.02. The molecule has 1 aliphatic rings. The highest BCUT2D eigenvalue weighted by molar-refractivity contribution is 8.26. The standard InChI is InChI=1S/C14H10N4O5S2/c15-11(19)9(12(16)20)6-17-13(21)10(25-14(17)24)5-7-1-3-8(4-2-7)18(22)23/h1-6H,(H2,15,19)(H2,16,20)/b10-5-. The second-order valence-corrected chi connectivity index (χ2v) is 6.35. The van der Waals surface area contributed by atoms with Crippen molar-refractivity contribution in [2.75, 3.05) is 0 Å². The summed E-state index contributed by atoms with van der Waals surface area (Å²) < 4.78 is 0.0816. The average molecular weight is 378 g/mol. The van der Waals surface area contributed by atoms with Gasteiger partial charge >= 0.3 is 0 Å². The van der Waals surface area contributed by atoms with E-state index < -0.39 is 28.2 Å². The predicted molar refractivity (Wildman–Crippen MR) is 94.6 cm³/mol. The molecule has 4 N–H and O–H groups in total. The second-order valence-electron chi connectivity index (χ2n) is 4.67. The van der Waals surface area contributed by atoms with Crippen LogP contribution in [0.4, 0.5) is 5.69 Å². The van der Waals surface area contributed by atoms with Crippen molar-refractivity contribution in [2.45, 2.75) is 0 Å². The van der Waals surface area contributed by atoms with Crippen LogP contribution in [0.5, 0.6) is 0 Å². The van der Waals surface area contributed by atoms with E-state index in [2.05, 4.69) is 0 Å². The molecule has 0 unspecified atom stereocenters. The minimum Gasteiger partial charge on any atom is -0.365 e. The predicted octanol–water partition coefficient (Wildman–Crippen LogP) is 0.650. The number of hydrogen-bond donors (Lipinski definition) is 2. The van der Waals surface area contributed by atoms with Crippen LogP contribution in [0.15, 0.2) is 40.9 Å². The quantitative estimate of drug-likeness (QED) is 0.191. The summed E-state index contributed by atoms with van der Waals surface area (Å²) in [6.07, 6.45) is 2.38. The van der Waals surface area contributed by atoms with Gasteiger partial charge in [0.05, 0.1) is 9.83 Å². The number of nitrogens with zero attached hydrogens (tertiary/aromatic N) is 2. The van der Waals surface area contributed by atoms with Gasteiger partial charge in [-0.3, -0.25) is 29.4 Å². The Labute approximate surface area is 150 Å². The number of amides is 3. The molecule has 1 fully saturated rings. The highest BCUT2D eigenvalue weighted by atomic mass is 32.2. The lowest BCUT2D eigenvalue weighted by atomic mass is 10.2. The molecule has 11 heteroatoms. The van der Waals surface area contributed by atoms with E-state index in [9.17, 15) is 24.5 Å². The summed E-state index contributed by atoms with van der Waals surface area (Å²) >= 11 is 5.99. The summed E-state index contributed by atoms with van der Waals surface area (Å²) in [4.78, 5) is 46.0. The minimum atomic E-state index is -1.08. The van der Waals surface area contributed by atoms with E-state index in [1.54, 1.807) is 0 Å². The molecule has 0 bridgehead atoms. The van der Waals surface area contributed by atoms with E-state index in [4.69, 9.17) is 23.7 Å². The molecule has 128 valence electrons. The van der Waals surface area contributed by atoms with E-state index in [-0.39, 0.29) is 14.9 Å². The van der Waals surface area contributed by atoms with Crippen LogP contribution in [0.1, 0.15) is 5.56 Å². The number of primary amides is 2. The molecular weight excluding hydrogens is 368 g/mol. The number of non-ortho nitro benzene ring substituents is 1. The summed E-state index contributed by atoms with van der Waals surface area (Å²) in [6.45, 7) is 0. The smallest absolute Gasteiger partial charge is 0.270 e. The van der Waals surface area contributed by atoms with Crippen LogP contribution in [0.2, 0.25) is 0 Å². The fourth-order valence-electron chi connectivity index (χ4n) is 1.81. The van der Waals surface area contributed by atoms with Gasteiger partial charge in [-0.2, -0.15) is 0 Å². The zero-order chi connectivity index (χ0) is 18.7. The number of carbonyl (C=O) groups is 3. The highest BCUT2D eigenvalue weighted by Gasteiger charge is 2.32. The van der Waals surface area contributed by atoms with E-state index in [1.807, 2.05) is 0 Å². The summed E-state index contributed by atoms with van der Waals surface area (Å²) in [5, 5.41) is 10.6. The van der Waals surface area contributed by atoms with Gasteiger partial charge in [-0.25, -0.2) is 0 Å². The molecule has 9 nitrogen and oxygen atoms in total. The first-order valence-corrected chi connectivity index (χ1v) is 7.76. The SMILES string of the molecule is NC(=O)C(=CN1C(=O)/C(=C/c2ccc([N+](=O)[O-])cc2)SC1=S)C(N)=O. The maximum absolute atomic E-state index is 12.4. The maximum Gasteiger partial charge on any atom is 0.270 e. The van der Waals surface area contributed by atoms with Crippen LogP contribution < -0.4 is 11.5 Å². The Morgan fingerprint density at radius 2 is 1.76 bits per heavy atom. The van der Waals surface area contributed by atoms with Gasteiger partial charge in [0.25, 0.3) is 23.4 Å². The van der Waals surface area contributed by atoms with Crippen molar-refractivity contribution in [2.24, 2.45) is 11.5 Å². The van der Waals surface area contributed by atoms with Crippen LogP contribution in [-0.4, -0.2) is 31.9 Å². The lowest BCUT2D eigenvalue weighted by Gasteiger charge is -2.09. The van der Waals surface area contributed by atoms with Gasteiger partial charge in [-0.1, -0.05) is 24.0 Å². The minimum absolute atomic E-state index is 0.0816. The first-order chi connectivity index (χ1) is 11.7. The normalized spacial score (nSPS) is 15.4. The van der Waals surface area contributed by atoms with E-state index in [0.29, 0.717) is 5.56 Å². The van der Waals surface area contributed by atoms with Crippen LogP contribution in [0.3, 0.4) is 0 Å². The Morgan fingerprint density at radius 3 is 2.24 bits per heavy atom. The third-order valence-corrected chi connectivity index (χ3v) is 4.34. The Bertz CT molecular complexity index is 844. The monoisotopic (exact) mass is 378 g/mol. The molecule has 0 aliphatic carbocycles. The molecule has 0 aromatic heterocycles. The van der Waals surface area contributed by atoms with Crippen molar-refractivity contribution in [3.63, 3.8) is 0 Å². The van der Waals surface area contributed by atoms with E-state index >= 15 is 0 Å². The molecule has 1 heterocycles. The van der Waals surface area contributed by atoms with Gasteiger partial charge < -0.3 is 11.5 Å². The van der Waals surface area contributed by atoms with Crippen molar-refractivity contribution >= 4 is 57.8 Å². The van der Waals surface area contributed by atoms with Crippen LogP contribution in [0, 0.1) is 10.1 Å². The number of nitro benzene ring substituents is 1. The molecule has 1 aromatic carbocycles. The van der Waals surface area contributed by atoms with Gasteiger partial charge in [-0.15, -0.1) is 0 Å². The number of rotatable bonds is 5. The summed E-state index contributed by atoms with van der Waals surface area (Å²) in [7, 11) is 0. The van der Waals surface area contributed by atoms with Gasteiger partial charge in [0, 0.05) is 18.3 Å². The second kappa shape index (κ2) is 7.23. The molecule has 3 amide bonds. The molecule has 0 atom stereocenters. The molecule has 0 saturated carbocycles. The van der Waals surface area contributed by atoms with Crippen molar-refractivity contribution in [3.8, 4) is 0 Å². The van der Waals surface area contributed by atoms with E-state index in [0.717, 1.165) is 22.9 Å². The van der Waals surface area contributed by atoms with Crippen LogP contribution >= 0.6 is 24.0 Å². The van der Waals surface area contributed by atoms with Crippen molar-refractivity contribution < 1.29 is 19.3 Å². The number of thioether (sulfide) groups is 1. The summed E-state index contributed by atoms with van der Waals surface area (Å²) in [5.74, 6) is -2.74. The molecular formula is C14H10N4O5S2. The Balaban J connectivity index is 2.31. The Hall–Kier alpha value is -3.05. The first-order valence-electron chi connectivity index (χ1n) is 6.53. The van der Waals surface area contributed by atoms with Crippen molar-refractivity contribution in [3.05, 3.63) is 56.6 Å². The highest BCUT2D eigenvalue weighted by Crippen LogP contribution is 2.33. The lowest BCUT2D eigenvalue weighted by Crippen LogP contribution is -2.31. The van der Waals surface area contributed by atoms with Crippen LogP contribution in [-0.2, 0) is 14.4 Å². The van der Waals surface area contributed by atoms with Crippen LogP contribution in [0.25, 0.3) is 6.08 Å². The maximum atomic E-state index is 12.4. The van der Waals surface area contributed by atoms with Crippen molar-refractivity contribution in [1.82, 2.24) is 4.90 Å². The zero-order valence-corrected chi connectivity index (χ0v) is 14.0. The molecule has 0 radical (unpaired) electrons. The Morgan fingerprint density at radius 1 is 1.20 bits per heavy atom. The van der Waals surface area contributed by atoms with Gasteiger partial charge in [0.2, 0.25) is 0 Å². The molecule has 1 saturated heterocycles. The lowest BCUT2D eigenvalue weighted by molar-refractivity contribution is -0.384. The van der Waals surface area contributed by atoms with Gasteiger partial charge in [0.1, 0.15) is 5.57 Å². The zero-order valence-electron chi connectivity index (χ0n) is 12.4. The largest absolute Gasteiger partial charge is 0.365 e. The molecule has 1 aromatic rings. The topological polar surface area (TPSA) is 150 Å². The molecule has 0 spiro atoms. The van der Waals surface area contributed by atoms with Crippen molar-refractivity contribution in [1.29, 1.82) is 0 Å². The number of hydrogen-bond acceptors (Lipinski definition) is 7. The molecule has 25 heavy (non-hydrogen) atoms. The Kier molecular flexibility index (Phi) is 5.29. The number of carbonyl (C=O) groups excluding carboxylic acids is 3. The third kappa shape index (κ3) is 4.08. The summed E-state index contributed by atoms with van der Waals surface area (Å²) in [5.41, 5.74) is 9.97. The molecule has 2 rings (SSSR count).